The molecule has 31 heavy (non-hydrogen) atoms. The van der Waals surface area contributed by atoms with Gasteiger partial charge in [0.1, 0.15) is 12.3 Å². The largest absolute Gasteiger partial charge is 0.497 e. The van der Waals surface area contributed by atoms with E-state index in [2.05, 4.69) is 5.32 Å². The second kappa shape index (κ2) is 10.0. The van der Waals surface area contributed by atoms with E-state index in [9.17, 15) is 14.4 Å². The first-order valence-electron chi connectivity index (χ1n) is 9.32. The Kier molecular flexibility index (Phi) is 7.19. The van der Waals surface area contributed by atoms with Crippen LogP contribution in [0.3, 0.4) is 0 Å². The zero-order valence-electron chi connectivity index (χ0n) is 17.3. The number of carbonyl (C=O) groups is 3. The molecule has 0 spiro atoms. The number of thioether (sulfide) groups is 1. The van der Waals surface area contributed by atoms with E-state index >= 15 is 0 Å². The number of amides is 3. The lowest BCUT2D eigenvalue weighted by Gasteiger charge is -2.12. The Balaban J connectivity index is 1.63. The molecule has 1 aliphatic rings. The summed E-state index contributed by atoms with van der Waals surface area (Å²) in [5, 5.41) is 2.22. The van der Waals surface area contributed by atoms with Crippen LogP contribution in [0.2, 0.25) is 0 Å². The topological polar surface area (TPSA) is 94.2 Å². The molecule has 1 aliphatic heterocycles. The van der Waals surface area contributed by atoms with E-state index in [1.165, 1.54) is 14.2 Å². The number of imide groups is 1. The van der Waals surface area contributed by atoms with Crippen molar-refractivity contribution >= 4 is 34.9 Å². The molecule has 0 unspecified atom stereocenters. The van der Waals surface area contributed by atoms with Gasteiger partial charge in [-0.25, -0.2) is 0 Å². The number of rotatable bonds is 8. The maximum Gasteiger partial charge on any atom is 0.294 e. The minimum absolute atomic E-state index is 0.236. The highest BCUT2D eigenvalue weighted by Crippen LogP contribution is 2.34. The van der Waals surface area contributed by atoms with Crippen LogP contribution in [-0.2, 0) is 16.1 Å². The number of nitrogens with zero attached hydrogens (tertiary/aromatic N) is 1. The molecular weight excluding hydrogens is 420 g/mol. The zero-order valence-corrected chi connectivity index (χ0v) is 18.2. The van der Waals surface area contributed by atoms with Crippen LogP contribution in [0.1, 0.15) is 11.1 Å². The van der Waals surface area contributed by atoms with Crippen molar-refractivity contribution in [1.82, 2.24) is 10.2 Å². The average molecular weight is 442 g/mol. The number of hydrogen-bond acceptors (Lipinski definition) is 7. The number of carbonyl (C=O) groups excluding carboxylic acids is 3. The highest BCUT2D eigenvalue weighted by atomic mass is 32.2. The van der Waals surface area contributed by atoms with Crippen molar-refractivity contribution in [2.75, 3.05) is 27.9 Å². The minimum atomic E-state index is -0.510. The molecule has 0 bridgehead atoms. The molecule has 0 aromatic heterocycles. The zero-order chi connectivity index (χ0) is 22.4. The number of ether oxygens (including phenoxy) is 3. The van der Waals surface area contributed by atoms with Crippen molar-refractivity contribution in [2.24, 2.45) is 0 Å². The molecule has 0 aliphatic carbocycles. The minimum Gasteiger partial charge on any atom is -0.497 e. The third-order valence-electron chi connectivity index (χ3n) is 4.53. The molecular formula is C22H22N2O6S. The van der Waals surface area contributed by atoms with Gasteiger partial charge in [-0.3, -0.25) is 19.3 Å². The molecule has 3 rings (SSSR count). The van der Waals surface area contributed by atoms with Crippen molar-refractivity contribution in [3.05, 3.63) is 58.5 Å². The number of methoxy groups -OCH3 is 3. The fourth-order valence-corrected chi connectivity index (χ4v) is 3.71. The summed E-state index contributed by atoms with van der Waals surface area (Å²) >= 11 is 0.793. The quantitative estimate of drug-likeness (QED) is 0.628. The normalized spacial score (nSPS) is 14.7. The van der Waals surface area contributed by atoms with Crippen LogP contribution >= 0.6 is 11.8 Å². The van der Waals surface area contributed by atoms with Crippen molar-refractivity contribution in [3.8, 4) is 17.2 Å². The number of hydrogen-bond donors (Lipinski definition) is 1. The Morgan fingerprint density at radius 3 is 2.35 bits per heavy atom. The van der Waals surface area contributed by atoms with Crippen molar-refractivity contribution in [2.45, 2.75) is 6.54 Å². The van der Waals surface area contributed by atoms with Crippen LogP contribution < -0.4 is 19.5 Å². The van der Waals surface area contributed by atoms with Crippen LogP contribution in [-0.4, -0.2) is 49.8 Å². The van der Waals surface area contributed by atoms with E-state index in [0.717, 1.165) is 22.2 Å². The van der Waals surface area contributed by atoms with Gasteiger partial charge in [-0.1, -0.05) is 18.2 Å². The highest BCUT2D eigenvalue weighted by molar-refractivity contribution is 8.18. The predicted molar refractivity (Wildman–Crippen MR) is 117 cm³/mol. The first kappa shape index (κ1) is 22.2. The fraction of sp³-hybridized carbons (Fsp3) is 0.227. The molecule has 2 aromatic rings. The van der Waals surface area contributed by atoms with Crippen LogP contribution in [0.25, 0.3) is 6.08 Å². The summed E-state index contributed by atoms with van der Waals surface area (Å²) in [6.45, 7) is -0.0649. The molecule has 2 aromatic carbocycles. The lowest BCUT2D eigenvalue weighted by Crippen LogP contribution is -2.39. The Morgan fingerprint density at radius 1 is 1.00 bits per heavy atom. The molecule has 1 N–H and O–H groups in total. The molecule has 1 fully saturated rings. The predicted octanol–water partition coefficient (Wildman–Crippen LogP) is 3.07. The van der Waals surface area contributed by atoms with Crippen LogP contribution in [0, 0.1) is 0 Å². The van der Waals surface area contributed by atoms with Gasteiger partial charge in [0.25, 0.3) is 11.1 Å². The van der Waals surface area contributed by atoms with Crippen molar-refractivity contribution in [3.63, 3.8) is 0 Å². The first-order valence-corrected chi connectivity index (χ1v) is 10.1. The van der Waals surface area contributed by atoms with Crippen LogP contribution in [0.15, 0.2) is 47.4 Å². The maximum atomic E-state index is 12.6. The summed E-state index contributed by atoms with van der Waals surface area (Å²) in [6, 6.07) is 12.4. The van der Waals surface area contributed by atoms with Gasteiger partial charge >= 0.3 is 0 Å². The molecule has 0 radical (unpaired) electrons. The lowest BCUT2D eigenvalue weighted by atomic mass is 10.2. The summed E-state index contributed by atoms with van der Waals surface area (Å²) in [5.41, 5.74) is 1.55. The number of nitrogens with one attached hydrogen (secondary N) is 1. The molecule has 1 saturated heterocycles. The molecule has 0 saturated carbocycles. The first-order chi connectivity index (χ1) is 14.9. The second-order valence-electron chi connectivity index (χ2n) is 6.51. The Hall–Kier alpha value is -3.46. The van der Waals surface area contributed by atoms with Gasteiger partial charge in [-0.15, -0.1) is 0 Å². The third kappa shape index (κ3) is 5.37. The lowest BCUT2D eigenvalue weighted by molar-refractivity contribution is -0.129. The standard InChI is InChI=1S/C22H22N2O6S/c1-28-16-7-4-14(5-8-16)12-23-20(25)13-24-21(26)19(31-22(24)27)11-15-6-9-17(29-2)18(10-15)30-3/h4-11H,12-13H2,1-3H3,(H,23,25)/b19-11-. The van der Waals surface area contributed by atoms with Gasteiger partial charge in [0, 0.05) is 6.54 Å². The summed E-state index contributed by atoms with van der Waals surface area (Å²) in [4.78, 5) is 38.4. The van der Waals surface area contributed by atoms with Gasteiger partial charge < -0.3 is 19.5 Å². The van der Waals surface area contributed by atoms with Gasteiger partial charge in [0.05, 0.1) is 26.2 Å². The monoisotopic (exact) mass is 442 g/mol. The maximum absolute atomic E-state index is 12.6. The van der Waals surface area contributed by atoms with Crippen LogP contribution in [0.4, 0.5) is 4.79 Å². The SMILES string of the molecule is COc1ccc(CNC(=O)CN2C(=O)S/C(=C\c3ccc(OC)c(OC)c3)C2=O)cc1. The third-order valence-corrected chi connectivity index (χ3v) is 5.44. The van der Waals surface area contributed by atoms with E-state index in [1.807, 2.05) is 12.1 Å². The molecule has 0 atom stereocenters. The Morgan fingerprint density at radius 2 is 1.71 bits per heavy atom. The van der Waals surface area contributed by atoms with Crippen molar-refractivity contribution < 1.29 is 28.6 Å². The van der Waals surface area contributed by atoms with E-state index in [1.54, 1.807) is 43.5 Å². The summed E-state index contributed by atoms with van der Waals surface area (Å²) in [6.07, 6.45) is 1.59. The Labute approximate surface area is 184 Å². The van der Waals surface area contributed by atoms with E-state index in [-0.39, 0.29) is 18.0 Å². The fourth-order valence-electron chi connectivity index (χ4n) is 2.87. The molecule has 1 heterocycles. The molecule has 162 valence electrons. The highest BCUT2D eigenvalue weighted by Gasteiger charge is 2.36. The van der Waals surface area contributed by atoms with E-state index < -0.39 is 17.1 Å². The average Bonchev–Trinajstić information content (AvgIpc) is 3.05. The molecule has 8 nitrogen and oxygen atoms in total. The van der Waals surface area contributed by atoms with Crippen LogP contribution in [0.5, 0.6) is 17.2 Å². The summed E-state index contributed by atoms with van der Waals surface area (Å²) in [5.74, 6) is 0.846. The van der Waals surface area contributed by atoms with Gasteiger partial charge in [0.2, 0.25) is 5.91 Å². The van der Waals surface area contributed by atoms with E-state index in [0.29, 0.717) is 22.8 Å². The van der Waals surface area contributed by atoms with Gasteiger partial charge in [-0.05, 0) is 53.2 Å². The Bertz CT molecular complexity index is 1020. The van der Waals surface area contributed by atoms with Gasteiger partial charge in [-0.2, -0.15) is 0 Å². The second-order valence-corrected chi connectivity index (χ2v) is 7.50. The van der Waals surface area contributed by atoms with E-state index in [4.69, 9.17) is 14.2 Å². The van der Waals surface area contributed by atoms with Gasteiger partial charge in [0.15, 0.2) is 11.5 Å². The van der Waals surface area contributed by atoms with Crippen molar-refractivity contribution in [1.29, 1.82) is 0 Å². The molecule has 3 amide bonds. The number of benzene rings is 2. The molecule has 9 heteroatoms. The summed E-state index contributed by atoms with van der Waals surface area (Å²) < 4.78 is 15.5. The summed E-state index contributed by atoms with van der Waals surface area (Å²) in [7, 11) is 4.62. The smallest absolute Gasteiger partial charge is 0.294 e.